The molecule has 0 heterocycles. The van der Waals surface area contributed by atoms with Gasteiger partial charge in [0.25, 0.3) is 7.82 Å². The maximum Gasteiger partial charge on any atom is 0.268 e. The lowest BCUT2D eigenvalue weighted by molar-refractivity contribution is -0.870. The molecule has 0 bridgehead atoms. The van der Waals surface area contributed by atoms with Gasteiger partial charge in [-0.2, -0.15) is 0 Å². The van der Waals surface area contributed by atoms with Crippen LogP contribution in [0.4, 0.5) is 0 Å². The molecule has 67 heavy (non-hydrogen) atoms. The average Bonchev–Trinajstić information content (AvgIpc) is 3.29. The van der Waals surface area contributed by atoms with E-state index in [1.807, 2.05) is 27.2 Å². The predicted octanol–water partition coefficient (Wildman–Crippen LogP) is 16.1. The summed E-state index contributed by atoms with van der Waals surface area (Å²) in [6.07, 6.45) is 67.1. The largest absolute Gasteiger partial charge is 0.756 e. The summed E-state index contributed by atoms with van der Waals surface area (Å²) >= 11 is 0. The molecule has 9 heteroatoms. The zero-order valence-corrected chi connectivity index (χ0v) is 45.2. The van der Waals surface area contributed by atoms with Gasteiger partial charge in [-0.05, 0) is 77.0 Å². The van der Waals surface area contributed by atoms with E-state index in [0.29, 0.717) is 17.4 Å². The van der Waals surface area contributed by atoms with Crippen molar-refractivity contribution in [3.05, 3.63) is 72.9 Å². The number of aliphatic hydroxyl groups excluding tert-OH is 1. The molecule has 0 aliphatic rings. The van der Waals surface area contributed by atoms with Crippen molar-refractivity contribution >= 4 is 13.7 Å². The normalized spacial score (nSPS) is 14.6. The van der Waals surface area contributed by atoms with E-state index in [0.717, 1.165) is 64.2 Å². The molecular formula is C58H107N2O6P. The Hall–Kier alpha value is -2.06. The quantitative estimate of drug-likeness (QED) is 0.0272. The molecule has 3 unspecified atom stereocenters. The first-order valence-electron chi connectivity index (χ1n) is 27.8. The third kappa shape index (κ3) is 51.6. The van der Waals surface area contributed by atoms with Gasteiger partial charge in [-0.15, -0.1) is 0 Å². The number of quaternary nitrogens is 1. The zero-order valence-electron chi connectivity index (χ0n) is 44.3. The van der Waals surface area contributed by atoms with E-state index in [2.05, 4.69) is 79.9 Å². The van der Waals surface area contributed by atoms with Crippen LogP contribution in [0.2, 0.25) is 0 Å². The first kappa shape index (κ1) is 64.9. The van der Waals surface area contributed by atoms with Crippen molar-refractivity contribution in [2.75, 3.05) is 40.9 Å². The van der Waals surface area contributed by atoms with E-state index in [4.69, 9.17) is 9.05 Å². The highest BCUT2D eigenvalue weighted by atomic mass is 31.2. The van der Waals surface area contributed by atoms with Crippen LogP contribution in [0.5, 0.6) is 0 Å². The van der Waals surface area contributed by atoms with Gasteiger partial charge in [0.15, 0.2) is 0 Å². The number of allylic oxidation sites excluding steroid dienone is 11. The van der Waals surface area contributed by atoms with E-state index in [-0.39, 0.29) is 12.5 Å². The lowest BCUT2D eigenvalue weighted by Crippen LogP contribution is -2.45. The molecule has 0 spiro atoms. The van der Waals surface area contributed by atoms with Crippen molar-refractivity contribution in [1.29, 1.82) is 0 Å². The second-order valence-electron chi connectivity index (χ2n) is 19.9. The molecule has 1 amide bonds. The number of hydrogen-bond donors (Lipinski definition) is 2. The number of phosphoric acid groups is 1. The van der Waals surface area contributed by atoms with Crippen LogP contribution in [0, 0.1) is 0 Å². The molecule has 8 nitrogen and oxygen atoms in total. The second kappa shape index (κ2) is 48.9. The van der Waals surface area contributed by atoms with Gasteiger partial charge in [-0.25, -0.2) is 0 Å². The maximum absolute atomic E-state index is 12.9. The summed E-state index contributed by atoms with van der Waals surface area (Å²) in [7, 11) is 1.23. The number of unbranched alkanes of at least 4 members (excludes halogenated alkanes) is 27. The van der Waals surface area contributed by atoms with E-state index >= 15 is 0 Å². The van der Waals surface area contributed by atoms with E-state index in [9.17, 15) is 19.4 Å². The molecule has 2 N–H and O–H groups in total. The van der Waals surface area contributed by atoms with Crippen molar-refractivity contribution in [3.63, 3.8) is 0 Å². The van der Waals surface area contributed by atoms with Crippen molar-refractivity contribution in [2.45, 2.75) is 251 Å². The Balaban J connectivity index is 4.04. The molecule has 0 aromatic carbocycles. The molecule has 0 saturated heterocycles. The molecule has 0 aromatic heterocycles. The van der Waals surface area contributed by atoms with Crippen LogP contribution in [0.3, 0.4) is 0 Å². The predicted molar refractivity (Wildman–Crippen MR) is 288 cm³/mol. The Morgan fingerprint density at radius 2 is 0.896 bits per heavy atom. The Bertz CT molecular complexity index is 1320. The Morgan fingerprint density at radius 3 is 1.36 bits per heavy atom. The van der Waals surface area contributed by atoms with Gasteiger partial charge in [0.2, 0.25) is 5.91 Å². The fraction of sp³-hybridized carbons (Fsp3) is 0.776. The van der Waals surface area contributed by atoms with Crippen LogP contribution in [0.15, 0.2) is 72.9 Å². The fourth-order valence-electron chi connectivity index (χ4n) is 7.71. The number of rotatable bonds is 50. The summed E-state index contributed by atoms with van der Waals surface area (Å²) in [5.41, 5.74) is 0. The fourth-order valence-corrected chi connectivity index (χ4v) is 8.43. The van der Waals surface area contributed by atoms with Gasteiger partial charge in [-0.3, -0.25) is 9.36 Å². The van der Waals surface area contributed by atoms with Crippen LogP contribution in [0.1, 0.15) is 239 Å². The van der Waals surface area contributed by atoms with Crippen molar-refractivity contribution in [3.8, 4) is 0 Å². The van der Waals surface area contributed by atoms with Gasteiger partial charge in [0.05, 0.1) is 39.9 Å². The number of carbonyl (C=O) groups excluding carboxylic acids is 1. The number of amides is 1. The van der Waals surface area contributed by atoms with Gasteiger partial charge >= 0.3 is 0 Å². The molecule has 0 aliphatic carbocycles. The zero-order chi connectivity index (χ0) is 49.2. The summed E-state index contributed by atoms with van der Waals surface area (Å²) in [5, 5.41) is 13.8. The summed E-state index contributed by atoms with van der Waals surface area (Å²) in [6.45, 7) is 4.55. The molecule has 0 radical (unpaired) electrons. The SMILES string of the molecule is CCCC/C=C/CC/C=C/CC/C=C/C(O)C(COP(=O)([O-])OCC[N+](C)(C)C)NC(=O)CCCCCCCCCCCCCCCCCCCC/C=C\C/C=C\C/C=C\CCCCCCC. The van der Waals surface area contributed by atoms with Gasteiger partial charge in [-0.1, -0.05) is 228 Å². The third-order valence-corrected chi connectivity index (χ3v) is 13.1. The maximum atomic E-state index is 12.9. The number of hydrogen-bond acceptors (Lipinski definition) is 6. The van der Waals surface area contributed by atoms with Gasteiger partial charge in [0, 0.05) is 6.42 Å². The standard InChI is InChI=1S/C58H107N2O6P/c1-6-8-10-12-14-16-18-20-21-22-23-24-25-26-27-28-29-30-31-32-33-34-35-36-37-38-39-40-42-44-46-48-50-52-58(62)59-56(55-66-67(63,64)65-54-53-60(3,4)5)57(61)51-49-47-45-43-41-19-17-15-13-11-9-7-2/h13,15,18,20,22-23,25-26,41,43,49,51,56-57,61H,6-12,14,16-17,19,21,24,27-40,42,44-48,50,52-55H2,1-5H3,(H-,59,62,63,64)/b15-13+,20-18-,23-22-,26-25-,43-41+,51-49+. The van der Waals surface area contributed by atoms with Gasteiger partial charge < -0.3 is 28.8 Å². The Morgan fingerprint density at radius 1 is 0.522 bits per heavy atom. The molecule has 0 aromatic rings. The minimum Gasteiger partial charge on any atom is -0.756 e. The summed E-state index contributed by atoms with van der Waals surface area (Å²) in [4.78, 5) is 25.4. The highest BCUT2D eigenvalue weighted by Crippen LogP contribution is 2.38. The molecule has 0 saturated carbocycles. The minimum absolute atomic E-state index is 0.0107. The molecule has 3 atom stereocenters. The van der Waals surface area contributed by atoms with Gasteiger partial charge in [0.1, 0.15) is 13.2 Å². The monoisotopic (exact) mass is 959 g/mol. The molecular weight excluding hydrogens is 852 g/mol. The van der Waals surface area contributed by atoms with Crippen LogP contribution in [-0.4, -0.2) is 68.5 Å². The summed E-state index contributed by atoms with van der Waals surface area (Å²) < 4.78 is 23.2. The third-order valence-electron chi connectivity index (χ3n) is 12.1. The molecule has 390 valence electrons. The molecule has 0 fully saturated rings. The lowest BCUT2D eigenvalue weighted by atomic mass is 10.0. The average molecular weight is 959 g/mol. The van der Waals surface area contributed by atoms with Crippen molar-refractivity contribution in [1.82, 2.24) is 5.32 Å². The first-order chi connectivity index (χ1) is 32.5. The number of nitrogens with zero attached hydrogens (tertiary/aromatic N) is 1. The number of carbonyl (C=O) groups is 1. The van der Waals surface area contributed by atoms with Crippen molar-refractivity contribution < 1.29 is 32.9 Å². The molecule has 0 rings (SSSR count). The number of phosphoric ester groups is 1. The summed E-state index contributed by atoms with van der Waals surface area (Å²) in [5.74, 6) is -0.213. The molecule has 0 aliphatic heterocycles. The smallest absolute Gasteiger partial charge is 0.268 e. The van der Waals surface area contributed by atoms with E-state index < -0.39 is 26.6 Å². The van der Waals surface area contributed by atoms with Crippen LogP contribution >= 0.6 is 7.82 Å². The minimum atomic E-state index is -4.60. The second-order valence-corrected chi connectivity index (χ2v) is 21.3. The number of likely N-dealkylation sites (N-methyl/N-ethyl adjacent to an activating group) is 1. The number of nitrogens with one attached hydrogen (secondary N) is 1. The lowest BCUT2D eigenvalue weighted by Gasteiger charge is -2.29. The topological polar surface area (TPSA) is 108 Å². The van der Waals surface area contributed by atoms with Crippen LogP contribution in [-0.2, 0) is 18.4 Å². The highest BCUT2D eigenvalue weighted by Gasteiger charge is 2.23. The number of aliphatic hydroxyl groups is 1. The van der Waals surface area contributed by atoms with Crippen LogP contribution in [0.25, 0.3) is 0 Å². The highest BCUT2D eigenvalue weighted by molar-refractivity contribution is 7.45. The van der Waals surface area contributed by atoms with E-state index in [1.165, 1.54) is 154 Å². The Labute approximate surface area is 414 Å². The van der Waals surface area contributed by atoms with Crippen LogP contribution < -0.4 is 10.2 Å². The first-order valence-corrected chi connectivity index (χ1v) is 29.3. The summed E-state index contributed by atoms with van der Waals surface area (Å²) in [6, 6.07) is -0.910. The van der Waals surface area contributed by atoms with Crippen molar-refractivity contribution in [2.24, 2.45) is 0 Å². The van der Waals surface area contributed by atoms with E-state index in [1.54, 1.807) is 6.08 Å². The Kier molecular flexibility index (Phi) is 47.4.